The van der Waals surface area contributed by atoms with Gasteiger partial charge >= 0.3 is 0 Å². The summed E-state index contributed by atoms with van der Waals surface area (Å²) in [6.45, 7) is 0. The SMILES string of the molecule is Clc1cc(SCc2ccccc2)c2ccccc2n1. The largest absolute Gasteiger partial charge is 0.236 e. The minimum atomic E-state index is 0.550. The fraction of sp³-hybridized carbons (Fsp3) is 0.0625. The maximum atomic E-state index is 6.08. The van der Waals surface area contributed by atoms with Crippen molar-refractivity contribution in [2.45, 2.75) is 10.6 Å². The molecule has 19 heavy (non-hydrogen) atoms. The molecule has 1 aromatic heterocycles. The van der Waals surface area contributed by atoms with E-state index < -0.39 is 0 Å². The second-order valence-electron chi connectivity index (χ2n) is 4.23. The van der Waals surface area contributed by atoms with Gasteiger partial charge in [-0.3, -0.25) is 0 Å². The van der Waals surface area contributed by atoms with Gasteiger partial charge in [-0.1, -0.05) is 60.1 Å². The van der Waals surface area contributed by atoms with E-state index in [1.54, 1.807) is 11.8 Å². The summed E-state index contributed by atoms with van der Waals surface area (Å²) in [6.07, 6.45) is 0. The molecule has 0 spiro atoms. The number of aromatic nitrogens is 1. The summed E-state index contributed by atoms with van der Waals surface area (Å²) in [6, 6.07) is 20.5. The quantitative estimate of drug-likeness (QED) is 0.486. The van der Waals surface area contributed by atoms with E-state index in [9.17, 15) is 0 Å². The average molecular weight is 286 g/mol. The van der Waals surface area contributed by atoms with Gasteiger partial charge in [0.05, 0.1) is 5.52 Å². The Morgan fingerprint density at radius 1 is 0.947 bits per heavy atom. The van der Waals surface area contributed by atoms with Gasteiger partial charge in [0.2, 0.25) is 0 Å². The normalized spacial score (nSPS) is 10.8. The van der Waals surface area contributed by atoms with Gasteiger partial charge in [0.1, 0.15) is 5.15 Å². The van der Waals surface area contributed by atoms with Crippen LogP contribution in [0.2, 0.25) is 5.15 Å². The van der Waals surface area contributed by atoms with Crippen molar-refractivity contribution in [2.24, 2.45) is 0 Å². The third kappa shape index (κ3) is 2.91. The molecule has 0 saturated heterocycles. The summed E-state index contributed by atoms with van der Waals surface area (Å²) >= 11 is 7.87. The van der Waals surface area contributed by atoms with Gasteiger partial charge in [-0.05, 0) is 17.7 Å². The molecule has 94 valence electrons. The van der Waals surface area contributed by atoms with Crippen molar-refractivity contribution in [1.29, 1.82) is 0 Å². The molecule has 0 saturated carbocycles. The predicted molar refractivity (Wildman–Crippen MR) is 82.8 cm³/mol. The lowest BCUT2D eigenvalue weighted by molar-refractivity contribution is 1.34. The molecule has 0 fully saturated rings. The van der Waals surface area contributed by atoms with E-state index in [-0.39, 0.29) is 0 Å². The third-order valence-corrected chi connectivity index (χ3v) is 4.20. The van der Waals surface area contributed by atoms with Crippen molar-refractivity contribution in [3.63, 3.8) is 0 Å². The zero-order chi connectivity index (χ0) is 13.1. The van der Waals surface area contributed by atoms with E-state index in [1.807, 2.05) is 30.3 Å². The number of para-hydroxylation sites is 1. The lowest BCUT2D eigenvalue weighted by Gasteiger charge is -2.06. The molecule has 0 amide bonds. The van der Waals surface area contributed by atoms with Crippen molar-refractivity contribution in [1.82, 2.24) is 4.98 Å². The smallest absolute Gasteiger partial charge is 0.130 e. The van der Waals surface area contributed by atoms with E-state index in [2.05, 4.69) is 35.3 Å². The fourth-order valence-electron chi connectivity index (χ4n) is 1.97. The molecule has 3 aromatic rings. The predicted octanol–water partition coefficient (Wildman–Crippen LogP) is 5.18. The molecule has 0 aliphatic heterocycles. The standard InChI is InChI=1S/C16H12ClNS/c17-16-10-15(13-8-4-5-9-14(13)18-16)19-11-12-6-2-1-3-7-12/h1-10H,11H2. The maximum Gasteiger partial charge on any atom is 0.130 e. The van der Waals surface area contributed by atoms with Crippen LogP contribution in [0.4, 0.5) is 0 Å². The van der Waals surface area contributed by atoms with Gasteiger partial charge in [0.25, 0.3) is 0 Å². The molecule has 1 nitrogen and oxygen atoms in total. The van der Waals surface area contributed by atoms with Gasteiger partial charge in [-0.2, -0.15) is 0 Å². The Balaban J connectivity index is 1.92. The van der Waals surface area contributed by atoms with Crippen LogP contribution in [0.5, 0.6) is 0 Å². The molecule has 0 aliphatic rings. The Labute approximate surface area is 121 Å². The number of halogens is 1. The highest BCUT2D eigenvalue weighted by atomic mass is 35.5. The van der Waals surface area contributed by atoms with Gasteiger partial charge in [0, 0.05) is 16.0 Å². The van der Waals surface area contributed by atoms with Crippen molar-refractivity contribution >= 4 is 34.3 Å². The van der Waals surface area contributed by atoms with Crippen molar-refractivity contribution in [2.75, 3.05) is 0 Å². The van der Waals surface area contributed by atoms with Gasteiger partial charge in [-0.25, -0.2) is 4.98 Å². The number of hydrogen-bond acceptors (Lipinski definition) is 2. The summed E-state index contributed by atoms with van der Waals surface area (Å²) in [5.74, 6) is 0.936. The minimum absolute atomic E-state index is 0.550. The van der Waals surface area contributed by atoms with Crippen LogP contribution < -0.4 is 0 Å². The number of benzene rings is 2. The first-order valence-electron chi connectivity index (χ1n) is 6.05. The van der Waals surface area contributed by atoms with Crippen LogP contribution >= 0.6 is 23.4 Å². The van der Waals surface area contributed by atoms with Crippen LogP contribution in [-0.4, -0.2) is 4.98 Å². The molecule has 1 heterocycles. The molecule has 0 atom stereocenters. The Morgan fingerprint density at radius 2 is 1.68 bits per heavy atom. The molecule has 3 heteroatoms. The Bertz CT molecular complexity index is 697. The Morgan fingerprint density at radius 3 is 2.53 bits per heavy atom. The fourth-order valence-corrected chi connectivity index (χ4v) is 3.27. The summed E-state index contributed by atoms with van der Waals surface area (Å²) in [5, 5.41) is 1.71. The second-order valence-corrected chi connectivity index (χ2v) is 5.64. The first-order valence-corrected chi connectivity index (χ1v) is 7.41. The molecule has 0 aliphatic carbocycles. The molecule has 3 rings (SSSR count). The van der Waals surface area contributed by atoms with E-state index in [1.165, 1.54) is 10.5 Å². The van der Waals surface area contributed by atoms with Crippen LogP contribution in [0.15, 0.2) is 65.6 Å². The van der Waals surface area contributed by atoms with Crippen LogP contribution in [0.25, 0.3) is 10.9 Å². The van der Waals surface area contributed by atoms with E-state index in [0.717, 1.165) is 16.7 Å². The number of hydrogen-bond donors (Lipinski definition) is 0. The van der Waals surface area contributed by atoms with Crippen molar-refractivity contribution in [3.8, 4) is 0 Å². The number of rotatable bonds is 3. The van der Waals surface area contributed by atoms with E-state index in [0.29, 0.717) is 5.15 Å². The lowest BCUT2D eigenvalue weighted by atomic mass is 10.2. The highest BCUT2D eigenvalue weighted by molar-refractivity contribution is 7.98. The molecule has 0 bridgehead atoms. The monoisotopic (exact) mass is 285 g/mol. The zero-order valence-corrected chi connectivity index (χ0v) is 11.8. The van der Waals surface area contributed by atoms with Crippen LogP contribution in [0, 0.1) is 0 Å². The maximum absolute atomic E-state index is 6.08. The summed E-state index contributed by atoms with van der Waals surface area (Å²) in [7, 11) is 0. The summed E-state index contributed by atoms with van der Waals surface area (Å²) in [4.78, 5) is 5.52. The summed E-state index contributed by atoms with van der Waals surface area (Å²) in [5.41, 5.74) is 2.26. The lowest BCUT2D eigenvalue weighted by Crippen LogP contribution is -1.85. The van der Waals surface area contributed by atoms with E-state index in [4.69, 9.17) is 11.6 Å². The molecular formula is C16H12ClNS. The molecular weight excluding hydrogens is 274 g/mol. The first-order chi connectivity index (χ1) is 9.33. The van der Waals surface area contributed by atoms with E-state index >= 15 is 0 Å². The molecule has 0 N–H and O–H groups in total. The van der Waals surface area contributed by atoms with Gasteiger partial charge < -0.3 is 0 Å². The highest BCUT2D eigenvalue weighted by Crippen LogP contribution is 2.31. The summed E-state index contributed by atoms with van der Waals surface area (Å²) < 4.78 is 0. The van der Waals surface area contributed by atoms with Crippen LogP contribution in [0.3, 0.4) is 0 Å². The number of pyridine rings is 1. The van der Waals surface area contributed by atoms with Crippen molar-refractivity contribution in [3.05, 3.63) is 71.4 Å². The number of fused-ring (bicyclic) bond motifs is 1. The molecule has 0 unspecified atom stereocenters. The van der Waals surface area contributed by atoms with Crippen LogP contribution in [-0.2, 0) is 5.75 Å². The topological polar surface area (TPSA) is 12.9 Å². The Kier molecular flexibility index (Phi) is 3.72. The number of nitrogens with zero attached hydrogens (tertiary/aromatic N) is 1. The van der Waals surface area contributed by atoms with Crippen LogP contribution in [0.1, 0.15) is 5.56 Å². The average Bonchev–Trinajstić information content (AvgIpc) is 2.45. The van der Waals surface area contributed by atoms with Crippen molar-refractivity contribution < 1.29 is 0 Å². The van der Waals surface area contributed by atoms with Gasteiger partial charge in [-0.15, -0.1) is 11.8 Å². The number of thioether (sulfide) groups is 1. The minimum Gasteiger partial charge on any atom is -0.236 e. The molecule has 0 radical (unpaired) electrons. The second kappa shape index (κ2) is 5.64. The van der Waals surface area contributed by atoms with Gasteiger partial charge in [0.15, 0.2) is 0 Å². The molecule has 2 aromatic carbocycles. The first kappa shape index (κ1) is 12.5. The highest BCUT2D eigenvalue weighted by Gasteiger charge is 2.05. The zero-order valence-electron chi connectivity index (χ0n) is 10.2. The Hall–Kier alpha value is -1.51. The third-order valence-electron chi connectivity index (χ3n) is 2.88.